The molecule has 5 heteroatoms. The second kappa shape index (κ2) is 5.14. The first-order chi connectivity index (χ1) is 8.13. The minimum absolute atomic E-state index is 0.0473. The standard InChI is InChI=1S/C12H14BrFN2O/c1-15-10-3-2-6-16(12(10)17)11-5-4-8(14)7-9(11)13/h4-5,7,10,15H,2-3,6H2,1H3. The van der Waals surface area contributed by atoms with E-state index in [1.54, 1.807) is 18.0 Å². The number of hydrogen-bond acceptors (Lipinski definition) is 2. The molecule has 0 bridgehead atoms. The molecule has 1 fully saturated rings. The monoisotopic (exact) mass is 300 g/mol. The van der Waals surface area contributed by atoms with Gasteiger partial charge in [-0.15, -0.1) is 0 Å². The predicted molar refractivity (Wildman–Crippen MR) is 68.5 cm³/mol. The van der Waals surface area contributed by atoms with E-state index in [-0.39, 0.29) is 17.8 Å². The fourth-order valence-electron chi connectivity index (χ4n) is 2.08. The third kappa shape index (κ3) is 2.50. The van der Waals surface area contributed by atoms with Crippen molar-refractivity contribution in [3.8, 4) is 0 Å². The van der Waals surface area contributed by atoms with Gasteiger partial charge in [0.15, 0.2) is 0 Å². The van der Waals surface area contributed by atoms with Gasteiger partial charge in [-0.1, -0.05) is 0 Å². The summed E-state index contributed by atoms with van der Waals surface area (Å²) in [5.74, 6) is -0.263. The summed E-state index contributed by atoms with van der Waals surface area (Å²) in [6.45, 7) is 0.682. The maximum atomic E-state index is 13.0. The smallest absolute Gasteiger partial charge is 0.244 e. The molecule has 0 spiro atoms. The molecule has 1 N–H and O–H groups in total. The first kappa shape index (κ1) is 12.5. The topological polar surface area (TPSA) is 32.3 Å². The summed E-state index contributed by atoms with van der Waals surface area (Å²) in [6.07, 6.45) is 1.80. The van der Waals surface area contributed by atoms with Crippen LogP contribution in [0.4, 0.5) is 10.1 Å². The summed E-state index contributed by atoms with van der Waals surface area (Å²) in [5.41, 5.74) is 0.733. The van der Waals surface area contributed by atoms with Crippen molar-refractivity contribution in [1.82, 2.24) is 5.32 Å². The molecule has 1 saturated heterocycles. The van der Waals surface area contributed by atoms with Crippen LogP contribution in [0.15, 0.2) is 22.7 Å². The Labute approximate surface area is 108 Å². The fourth-order valence-corrected chi connectivity index (χ4v) is 2.65. The molecule has 1 aromatic rings. The maximum Gasteiger partial charge on any atom is 0.244 e. The molecule has 2 rings (SSSR count). The molecule has 0 radical (unpaired) electrons. The van der Waals surface area contributed by atoms with Gasteiger partial charge in [-0.2, -0.15) is 0 Å². The molecular formula is C12H14BrFN2O. The van der Waals surface area contributed by atoms with Gasteiger partial charge in [-0.3, -0.25) is 4.79 Å². The van der Waals surface area contributed by atoms with Gasteiger partial charge in [0.25, 0.3) is 0 Å². The number of hydrogen-bond donors (Lipinski definition) is 1. The Hall–Kier alpha value is -0.940. The molecular weight excluding hydrogens is 287 g/mol. The Morgan fingerprint density at radius 1 is 1.53 bits per heavy atom. The van der Waals surface area contributed by atoms with Gasteiger partial charge in [0, 0.05) is 11.0 Å². The van der Waals surface area contributed by atoms with E-state index in [4.69, 9.17) is 0 Å². The zero-order chi connectivity index (χ0) is 12.4. The molecule has 1 aromatic carbocycles. The van der Waals surface area contributed by atoms with Gasteiger partial charge in [-0.25, -0.2) is 4.39 Å². The molecule has 1 aliphatic rings. The number of benzene rings is 1. The minimum atomic E-state index is -0.310. The fraction of sp³-hybridized carbons (Fsp3) is 0.417. The summed E-state index contributed by atoms with van der Waals surface area (Å²) >= 11 is 3.30. The van der Waals surface area contributed by atoms with Crippen LogP contribution in [0.5, 0.6) is 0 Å². The van der Waals surface area contributed by atoms with Gasteiger partial charge in [0.2, 0.25) is 5.91 Å². The van der Waals surface area contributed by atoms with Crippen molar-refractivity contribution in [2.75, 3.05) is 18.5 Å². The number of likely N-dealkylation sites (N-methyl/N-ethyl adjacent to an activating group) is 1. The van der Waals surface area contributed by atoms with Crippen molar-refractivity contribution in [1.29, 1.82) is 0 Å². The molecule has 0 aliphatic carbocycles. The van der Waals surface area contributed by atoms with Gasteiger partial charge in [-0.05, 0) is 54.0 Å². The van der Waals surface area contributed by atoms with Crippen LogP contribution in [0.3, 0.4) is 0 Å². The van der Waals surface area contributed by atoms with Crippen LogP contribution in [-0.2, 0) is 4.79 Å². The molecule has 0 aromatic heterocycles. The molecule has 17 heavy (non-hydrogen) atoms. The van der Waals surface area contributed by atoms with Crippen LogP contribution in [0, 0.1) is 5.82 Å². The van der Waals surface area contributed by atoms with Crippen LogP contribution >= 0.6 is 15.9 Å². The Morgan fingerprint density at radius 3 is 2.94 bits per heavy atom. The normalized spacial score (nSPS) is 20.8. The Kier molecular flexibility index (Phi) is 3.79. The first-order valence-electron chi connectivity index (χ1n) is 5.57. The largest absolute Gasteiger partial charge is 0.310 e. The zero-order valence-corrected chi connectivity index (χ0v) is 11.1. The SMILES string of the molecule is CNC1CCCN(c2ccc(F)cc2Br)C1=O. The first-order valence-corrected chi connectivity index (χ1v) is 6.36. The van der Waals surface area contributed by atoms with Crippen LogP contribution in [0.2, 0.25) is 0 Å². The molecule has 1 atom stereocenters. The predicted octanol–water partition coefficient (Wildman–Crippen LogP) is 2.30. The van der Waals surface area contributed by atoms with Crippen molar-refractivity contribution in [2.24, 2.45) is 0 Å². The third-order valence-electron chi connectivity index (χ3n) is 2.99. The second-order valence-corrected chi connectivity index (χ2v) is 4.92. The lowest BCUT2D eigenvalue weighted by Crippen LogP contribution is -2.49. The molecule has 1 amide bonds. The van der Waals surface area contributed by atoms with Gasteiger partial charge < -0.3 is 10.2 Å². The van der Waals surface area contributed by atoms with E-state index in [0.29, 0.717) is 11.0 Å². The van der Waals surface area contributed by atoms with Crippen molar-refractivity contribution in [3.63, 3.8) is 0 Å². The number of rotatable bonds is 2. The Bertz CT molecular complexity index is 439. The average molecular weight is 301 g/mol. The number of carbonyl (C=O) groups is 1. The minimum Gasteiger partial charge on any atom is -0.310 e. The lowest BCUT2D eigenvalue weighted by Gasteiger charge is -2.32. The summed E-state index contributed by atoms with van der Waals surface area (Å²) in [6, 6.07) is 4.25. The number of piperidine rings is 1. The summed E-state index contributed by atoms with van der Waals surface area (Å²) in [5, 5.41) is 3.00. The van der Waals surface area contributed by atoms with Crippen molar-refractivity contribution in [3.05, 3.63) is 28.5 Å². The third-order valence-corrected chi connectivity index (χ3v) is 3.62. The molecule has 1 aliphatic heterocycles. The van der Waals surface area contributed by atoms with E-state index in [9.17, 15) is 9.18 Å². The number of carbonyl (C=O) groups excluding carboxylic acids is 1. The van der Waals surface area contributed by atoms with Crippen LogP contribution in [0.25, 0.3) is 0 Å². The van der Waals surface area contributed by atoms with Crippen molar-refractivity contribution in [2.45, 2.75) is 18.9 Å². The molecule has 92 valence electrons. The van der Waals surface area contributed by atoms with Crippen LogP contribution < -0.4 is 10.2 Å². The Morgan fingerprint density at radius 2 is 2.29 bits per heavy atom. The summed E-state index contributed by atoms with van der Waals surface area (Å²) < 4.78 is 13.6. The number of nitrogens with one attached hydrogen (secondary N) is 1. The lowest BCUT2D eigenvalue weighted by atomic mass is 10.0. The quantitative estimate of drug-likeness (QED) is 0.909. The van der Waals surface area contributed by atoms with E-state index >= 15 is 0 Å². The summed E-state index contributed by atoms with van der Waals surface area (Å²) in [7, 11) is 1.78. The highest BCUT2D eigenvalue weighted by atomic mass is 79.9. The van der Waals surface area contributed by atoms with Crippen molar-refractivity contribution >= 4 is 27.5 Å². The molecule has 3 nitrogen and oxygen atoms in total. The number of anilines is 1. The second-order valence-electron chi connectivity index (χ2n) is 4.07. The Balaban J connectivity index is 2.29. The highest BCUT2D eigenvalue weighted by Gasteiger charge is 2.29. The van der Waals surface area contributed by atoms with Crippen LogP contribution in [0.1, 0.15) is 12.8 Å². The average Bonchev–Trinajstić information content (AvgIpc) is 2.30. The van der Waals surface area contributed by atoms with Gasteiger partial charge in [0.1, 0.15) is 5.82 Å². The van der Waals surface area contributed by atoms with E-state index in [1.165, 1.54) is 12.1 Å². The lowest BCUT2D eigenvalue weighted by molar-refractivity contribution is -0.121. The number of nitrogens with zero attached hydrogens (tertiary/aromatic N) is 1. The van der Waals surface area contributed by atoms with E-state index in [2.05, 4.69) is 21.2 Å². The highest BCUT2D eigenvalue weighted by molar-refractivity contribution is 9.10. The summed E-state index contributed by atoms with van der Waals surface area (Å²) in [4.78, 5) is 13.8. The van der Waals surface area contributed by atoms with Gasteiger partial charge >= 0.3 is 0 Å². The van der Waals surface area contributed by atoms with Crippen LogP contribution in [-0.4, -0.2) is 25.5 Å². The van der Waals surface area contributed by atoms with Crippen molar-refractivity contribution < 1.29 is 9.18 Å². The van der Waals surface area contributed by atoms with E-state index in [0.717, 1.165) is 18.5 Å². The van der Waals surface area contributed by atoms with Gasteiger partial charge in [0.05, 0.1) is 11.7 Å². The maximum absolute atomic E-state index is 13.0. The molecule has 1 unspecified atom stereocenters. The molecule has 1 heterocycles. The highest BCUT2D eigenvalue weighted by Crippen LogP contribution is 2.29. The number of halogens is 2. The molecule has 0 saturated carbocycles. The van der Waals surface area contributed by atoms with E-state index < -0.39 is 0 Å². The zero-order valence-electron chi connectivity index (χ0n) is 9.54. The number of amides is 1. The van der Waals surface area contributed by atoms with E-state index in [1.807, 2.05) is 0 Å².